The molecule has 1 aromatic carbocycles. The Morgan fingerprint density at radius 2 is 2.03 bits per heavy atom. The molecule has 1 amide bonds. The third-order valence-electron chi connectivity index (χ3n) is 5.38. The standard InChI is InChI=1S/C22H33N5O4/c1-13(2)30-22(29)27-8-7-26(11-15(27)4)12-18-9-14(3)10-19(16(18)5)23-21-25-24-20(31-21)17(6)28/h9-10,13,15,17,28H,7-8,11-12H2,1-6H3,(H,23,25)/t15-,17?/m0/s1. The highest BCUT2D eigenvalue weighted by molar-refractivity contribution is 5.68. The fraction of sp³-hybridized carbons (Fsp3) is 0.591. The van der Waals surface area contributed by atoms with Gasteiger partial charge in [-0.1, -0.05) is 11.2 Å². The summed E-state index contributed by atoms with van der Waals surface area (Å²) in [5, 5.41) is 20.6. The van der Waals surface area contributed by atoms with Crippen molar-refractivity contribution in [3.05, 3.63) is 34.7 Å². The molecule has 170 valence electrons. The van der Waals surface area contributed by atoms with E-state index in [0.29, 0.717) is 6.54 Å². The van der Waals surface area contributed by atoms with Gasteiger partial charge in [-0.2, -0.15) is 0 Å². The third-order valence-corrected chi connectivity index (χ3v) is 5.38. The van der Waals surface area contributed by atoms with Gasteiger partial charge in [0.1, 0.15) is 6.10 Å². The molecule has 2 aromatic rings. The number of nitrogens with one attached hydrogen (secondary N) is 1. The Balaban J connectivity index is 1.69. The number of aryl methyl sites for hydroxylation is 1. The molecule has 0 aliphatic carbocycles. The number of hydrogen-bond acceptors (Lipinski definition) is 8. The molecule has 1 saturated heterocycles. The molecule has 9 heteroatoms. The van der Waals surface area contributed by atoms with E-state index in [9.17, 15) is 9.90 Å². The molecule has 2 heterocycles. The Morgan fingerprint density at radius 1 is 1.29 bits per heavy atom. The number of piperazine rings is 1. The van der Waals surface area contributed by atoms with Crippen molar-refractivity contribution in [1.82, 2.24) is 20.0 Å². The lowest BCUT2D eigenvalue weighted by Crippen LogP contribution is -2.54. The number of hydrogen-bond donors (Lipinski definition) is 2. The largest absolute Gasteiger partial charge is 0.447 e. The first-order valence-electron chi connectivity index (χ1n) is 10.7. The summed E-state index contributed by atoms with van der Waals surface area (Å²) in [5.41, 5.74) is 4.30. The molecular weight excluding hydrogens is 398 g/mol. The maximum atomic E-state index is 12.3. The molecule has 0 saturated carbocycles. The lowest BCUT2D eigenvalue weighted by Gasteiger charge is -2.39. The zero-order valence-electron chi connectivity index (χ0n) is 19.2. The van der Waals surface area contributed by atoms with Crippen LogP contribution in [0.15, 0.2) is 16.5 Å². The number of carbonyl (C=O) groups is 1. The Kier molecular flexibility index (Phi) is 7.17. The van der Waals surface area contributed by atoms with Crippen LogP contribution in [-0.4, -0.2) is 63.0 Å². The monoisotopic (exact) mass is 431 g/mol. The number of anilines is 2. The van der Waals surface area contributed by atoms with Crippen LogP contribution in [-0.2, 0) is 11.3 Å². The van der Waals surface area contributed by atoms with Crippen LogP contribution in [0.5, 0.6) is 0 Å². The number of benzene rings is 1. The quantitative estimate of drug-likeness (QED) is 0.716. The summed E-state index contributed by atoms with van der Waals surface area (Å²) in [6.07, 6.45) is -1.17. The Hall–Kier alpha value is -2.65. The van der Waals surface area contributed by atoms with Crippen LogP contribution in [0, 0.1) is 13.8 Å². The maximum absolute atomic E-state index is 12.3. The van der Waals surface area contributed by atoms with E-state index in [0.717, 1.165) is 36.4 Å². The van der Waals surface area contributed by atoms with Gasteiger partial charge in [-0.25, -0.2) is 4.79 Å². The zero-order valence-corrected chi connectivity index (χ0v) is 19.2. The van der Waals surface area contributed by atoms with E-state index < -0.39 is 6.10 Å². The Morgan fingerprint density at radius 3 is 2.65 bits per heavy atom. The van der Waals surface area contributed by atoms with Crippen LogP contribution in [0.3, 0.4) is 0 Å². The number of nitrogens with zero attached hydrogens (tertiary/aromatic N) is 4. The van der Waals surface area contributed by atoms with Crippen molar-refractivity contribution in [2.75, 3.05) is 25.0 Å². The van der Waals surface area contributed by atoms with Crippen LogP contribution in [0.1, 0.15) is 56.4 Å². The summed E-state index contributed by atoms with van der Waals surface area (Å²) in [6.45, 7) is 14.5. The maximum Gasteiger partial charge on any atom is 0.410 e. The molecule has 1 unspecified atom stereocenters. The Bertz CT molecular complexity index is 911. The Labute approximate surface area is 183 Å². The van der Waals surface area contributed by atoms with Gasteiger partial charge in [0.25, 0.3) is 0 Å². The highest BCUT2D eigenvalue weighted by Gasteiger charge is 2.29. The molecule has 1 fully saturated rings. The number of aliphatic hydroxyl groups excluding tert-OH is 1. The number of aromatic nitrogens is 2. The van der Waals surface area contributed by atoms with Gasteiger partial charge in [0, 0.05) is 37.9 Å². The second kappa shape index (κ2) is 9.65. The average Bonchev–Trinajstić information content (AvgIpc) is 3.14. The topological polar surface area (TPSA) is 104 Å². The zero-order chi connectivity index (χ0) is 22.7. The van der Waals surface area contributed by atoms with Crippen LogP contribution >= 0.6 is 0 Å². The van der Waals surface area contributed by atoms with Gasteiger partial charge in [0.2, 0.25) is 5.89 Å². The van der Waals surface area contributed by atoms with E-state index >= 15 is 0 Å². The number of amides is 1. The smallest absolute Gasteiger partial charge is 0.410 e. The van der Waals surface area contributed by atoms with Crippen molar-refractivity contribution in [2.24, 2.45) is 0 Å². The molecule has 9 nitrogen and oxygen atoms in total. The first kappa shape index (κ1) is 23.0. The van der Waals surface area contributed by atoms with Gasteiger partial charge in [-0.05, 0) is 64.3 Å². The first-order valence-corrected chi connectivity index (χ1v) is 10.7. The minimum Gasteiger partial charge on any atom is -0.447 e. The fourth-order valence-corrected chi connectivity index (χ4v) is 3.75. The number of carbonyl (C=O) groups excluding carboxylic acids is 1. The summed E-state index contributed by atoms with van der Waals surface area (Å²) >= 11 is 0. The summed E-state index contributed by atoms with van der Waals surface area (Å²) in [4.78, 5) is 16.4. The summed E-state index contributed by atoms with van der Waals surface area (Å²) < 4.78 is 10.8. The molecule has 2 N–H and O–H groups in total. The van der Waals surface area contributed by atoms with Gasteiger partial charge in [0.15, 0.2) is 0 Å². The molecule has 1 aliphatic heterocycles. The van der Waals surface area contributed by atoms with Crippen molar-refractivity contribution in [3.8, 4) is 0 Å². The van der Waals surface area contributed by atoms with E-state index in [2.05, 4.69) is 40.3 Å². The van der Waals surface area contributed by atoms with Crippen molar-refractivity contribution in [2.45, 2.75) is 66.3 Å². The lowest BCUT2D eigenvalue weighted by atomic mass is 10.0. The predicted molar refractivity (Wildman–Crippen MR) is 117 cm³/mol. The van der Waals surface area contributed by atoms with Crippen LogP contribution < -0.4 is 5.32 Å². The summed E-state index contributed by atoms with van der Waals surface area (Å²) in [5.74, 6) is 0.177. The van der Waals surface area contributed by atoms with E-state index in [4.69, 9.17) is 9.15 Å². The van der Waals surface area contributed by atoms with Crippen molar-refractivity contribution < 1.29 is 19.1 Å². The van der Waals surface area contributed by atoms with Gasteiger partial charge in [-0.15, -0.1) is 5.10 Å². The second-order valence-corrected chi connectivity index (χ2v) is 8.55. The minimum absolute atomic E-state index is 0.0833. The number of ether oxygens (including phenoxy) is 1. The van der Waals surface area contributed by atoms with Gasteiger partial charge in [0.05, 0.1) is 6.10 Å². The van der Waals surface area contributed by atoms with Crippen molar-refractivity contribution in [3.63, 3.8) is 0 Å². The molecule has 1 aliphatic rings. The van der Waals surface area contributed by atoms with Crippen LogP contribution in [0.4, 0.5) is 16.5 Å². The predicted octanol–water partition coefficient (Wildman–Crippen LogP) is 3.53. The molecule has 0 radical (unpaired) electrons. The van der Waals surface area contributed by atoms with E-state index in [1.807, 2.05) is 31.7 Å². The highest BCUT2D eigenvalue weighted by atomic mass is 16.6. The molecule has 2 atom stereocenters. The third kappa shape index (κ3) is 5.74. The molecular formula is C22H33N5O4. The van der Waals surface area contributed by atoms with Crippen molar-refractivity contribution in [1.29, 1.82) is 0 Å². The number of aliphatic hydroxyl groups is 1. The van der Waals surface area contributed by atoms with Crippen LogP contribution in [0.2, 0.25) is 0 Å². The van der Waals surface area contributed by atoms with E-state index in [1.165, 1.54) is 5.56 Å². The molecule has 1 aromatic heterocycles. The molecule has 31 heavy (non-hydrogen) atoms. The van der Waals surface area contributed by atoms with E-state index in [1.54, 1.807) is 6.92 Å². The molecule has 0 spiro atoms. The minimum atomic E-state index is -0.810. The van der Waals surface area contributed by atoms with Gasteiger partial charge < -0.3 is 24.5 Å². The second-order valence-electron chi connectivity index (χ2n) is 8.55. The van der Waals surface area contributed by atoms with Crippen molar-refractivity contribution >= 4 is 17.8 Å². The first-order chi connectivity index (χ1) is 14.6. The normalized spacial score (nSPS) is 18.3. The van der Waals surface area contributed by atoms with Gasteiger partial charge >= 0.3 is 12.1 Å². The lowest BCUT2D eigenvalue weighted by molar-refractivity contribution is 0.0349. The number of rotatable bonds is 6. The van der Waals surface area contributed by atoms with E-state index in [-0.39, 0.29) is 30.1 Å². The summed E-state index contributed by atoms with van der Waals surface area (Å²) in [7, 11) is 0. The SMILES string of the molecule is Cc1cc(CN2CCN(C(=O)OC(C)C)[C@@H](C)C2)c(C)c(Nc2nnc(C(C)O)o2)c1. The average molecular weight is 432 g/mol. The molecule has 3 rings (SSSR count). The van der Waals surface area contributed by atoms with Gasteiger partial charge in [-0.3, -0.25) is 4.90 Å². The van der Waals surface area contributed by atoms with Crippen LogP contribution in [0.25, 0.3) is 0 Å². The summed E-state index contributed by atoms with van der Waals surface area (Å²) in [6, 6.07) is 4.55. The highest BCUT2D eigenvalue weighted by Crippen LogP contribution is 2.27. The molecule has 0 bridgehead atoms. The fourth-order valence-electron chi connectivity index (χ4n) is 3.75.